The second-order valence-corrected chi connectivity index (χ2v) is 12.8. The number of rotatable bonds is 5. The normalized spacial score (nSPS) is 34.4. The predicted molar refractivity (Wildman–Crippen MR) is 125 cm³/mol. The minimum absolute atomic E-state index is 0.0197. The molecule has 4 fully saturated rings. The van der Waals surface area contributed by atoms with E-state index in [4.69, 9.17) is 11.6 Å². The van der Waals surface area contributed by atoms with Crippen molar-refractivity contribution < 1.29 is 13.2 Å². The summed E-state index contributed by atoms with van der Waals surface area (Å²) in [6.07, 6.45) is 9.25. The molecule has 2 bridgehead atoms. The van der Waals surface area contributed by atoms with Gasteiger partial charge in [-0.05, 0) is 86.8 Å². The Morgan fingerprint density at radius 1 is 1.22 bits per heavy atom. The van der Waals surface area contributed by atoms with Crippen LogP contribution in [0.1, 0.15) is 56.9 Å². The summed E-state index contributed by atoms with van der Waals surface area (Å²) in [4.78, 5) is 13.0. The molecule has 0 spiro atoms. The van der Waals surface area contributed by atoms with Crippen molar-refractivity contribution in [3.63, 3.8) is 0 Å². The fourth-order valence-electron chi connectivity index (χ4n) is 6.97. The van der Waals surface area contributed by atoms with E-state index in [-0.39, 0.29) is 22.4 Å². The molecule has 5 unspecified atom stereocenters. The van der Waals surface area contributed by atoms with Gasteiger partial charge in [0.2, 0.25) is 10.0 Å². The van der Waals surface area contributed by atoms with E-state index in [0.717, 1.165) is 37.5 Å². The van der Waals surface area contributed by atoms with Gasteiger partial charge in [0.25, 0.3) is 0 Å². The highest BCUT2D eigenvalue weighted by molar-refractivity contribution is 7.89. The third kappa shape index (κ3) is 3.94. The van der Waals surface area contributed by atoms with Crippen LogP contribution in [0.3, 0.4) is 0 Å². The van der Waals surface area contributed by atoms with Gasteiger partial charge in [0.1, 0.15) is 0 Å². The molecule has 5 rings (SSSR count). The number of nitrogens with zero attached hydrogens (tertiary/aromatic N) is 1. The number of hydrogen-bond donors (Lipinski definition) is 2. The van der Waals surface area contributed by atoms with Gasteiger partial charge < -0.3 is 10.6 Å². The van der Waals surface area contributed by atoms with Crippen LogP contribution in [-0.4, -0.2) is 43.9 Å². The summed E-state index contributed by atoms with van der Waals surface area (Å²) >= 11 is 6.16. The van der Waals surface area contributed by atoms with E-state index in [0.29, 0.717) is 36.1 Å². The number of sulfonamides is 1. The van der Waals surface area contributed by atoms with Crippen molar-refractivity contribution in [2.75, 3.05) is 19.6 Å². The highest BCUT2D eigenvalue weighted by Crippen LogP contribution is 2.60. The summed E-state index contributed by atoms with van der Waals surface area (Å²) in [6.45, 7) is 3.17. The maximum Gasteiger partial charge on any atom is 0.315 e. The smallest absolute Gasteiger partial charge is 0.315 e. The molecule has 8 heteroatoms. The van der Waals surface area contributed by atoms with Crippen LogP contribution in [0.15, 0.2) is 23.1 Å². The van der Waals surface area contributed by atoms with Crippen LogP contribution in [0.25, 0.3) is 0 Å². The second kappa shape index (κ2) is 8.48. The first-order chi connectivity index (χ1) is 15.3. The molecule has 0 radical (unpaired) electrons. The largest absolute Gasteiger partial charge is 0.338 e. The zero-order valence-electron chi connectivity index (χ0n) is 18.8. The number of nitrogens with one attached hydrogen (secondary N) is 2. The van der Waals surface area contributed by atoms with Gasteiger partial charge in [-0.1, -0.05) is 30.5 Å². The van der Waals surface area contributed by atoms with Crippen LogP contribution in [0.4, 0.5) is 4.79 Å². The lowest BCUT2D eigenvalue weighted by Gasteiger charge is -2.52. The molecule has 1 heterocycles. The van der Waals surface area contributed by atoms with E-state index in [1.54, 1.807) is 29.4 Å². The average molecular weight is 480 g/mol. The first kappa shape index (κ1) is 22.5. The molecule has 2 N–H and O–H groups in total. The molecule has 3 aliphatic carbocycles. The van der Waals surface area contributed by atoms with E-state index in [9.17, 15) is 13.2 Å². The van der Waals surface area contributed by atoms with Gasteiger partial charge in [0.15, 0.2) is 0 Å². The van der Waals surface area contributed by atoms with E-state index >= 15 is 0 Å². The van der Waals surface area contributed by atoms with Crippen LogP contribution in [0, 0.1) is 30.6 Å². The van der Waals surface area contributed by atoms with Crippen molar-refractivity contribution in [2.45, 2.75) is 68.7 Å². The quantitative estimate of drug-likeness (QED) is 0.660. The molecule has 6 nitrogen and oxygen atoms in total. The Bertz CT molecular complexity index is 998. The third-order valence-corrected chi connectivity index (χ3v) is 11.0. The Kier molecular flexibility index (Phi) is 5.96. The molecular weight excluding hydrogens is 446 g/mol. The first-order valence-electron chi connectivity index (χ1n) is 12.1. The van der Waals surface area contributed by atoms with E-state index in [1.807, 2.05) is 0 Å². The van der Waals surface area contributed by atoms with Crippen LogP contribution >= 0.6 is 11.6 Å². The molecule has 2 amide bonds. The van der Waals surface area contributed by atoms with Crippen molar-refractivity contribution in [1.82, 2.24) is 14.9 Å². The third-order valence-electron chi connectivity index (χ3n) is 8.56. The minimum atomic E-state index is -3.60. The molecule has 176 valence electrons. The maximum absolute atomic E-state index is 13.2. The molecule has 4 aliphatic rings. The summed E-state index contributed by atoms with van der Waals surface area (Å²) in [5.74, 6) is 2.35. The first-order valence-corrected chi connectivity index (χ1v) is 13.9. The number of fused-ring (bicyclic) bond motifs is 1. The lowest BCUT2D eigenvalue weighted by molar-refractivity contribution is 0.0327. The number of benzene rings is 1. The van der Waals surface area contributed by atoms with Gasteiger partial charge in [0.05, 0.1) is 4.90 Å². The van der Waals surface area contributed by atoms with Gasteiger partial charge in [-0.25, -0.2) is 13.2 Å². The number of hydrogen-bond acceptors (Lipinski definition) is 3. The van der Waals surface area contributed by atoms with Crippen molar-refractivity contribution in [3.8, 4) is 0 Å². The number of carbonyl (C=O) groups is 1. The molecule has 3 saturated carbocycles. The molecule has 1 aromatic rings. The SMILES string of the molecule is Cc1c(Cl)cccc1S(=O)(=O)N1CCCC(CNC(=O)NC23CC4CCCC(C2)C3C4)C1. The van der Waals surface area contributed by atoms with E-state index in [2.05, 4.69) is 10.6 Å². The summed E-state index contributed by atoms with van der Waals surface area (Å²) in [5.41, 5.74) is 0.607. The van der Waals surface area contributed by atoms with Crippen LogP contribution in [-0.2, 0) is 10.0 Å². The van der Waals surface area contributed by atoms with Gasteiger partial charge in [-0.2, -0.15) is 4.31 Å². The van der Waals surface area contributed by atoms with Gasteiger partial charge >= 0.3 is 6.03 Å². The predicted octanol–water partition coefficient (Wildman–Crippen LogP) is 4.32. The Hall–Kier alpha value is -1.31. The number of halogens is 1. The second-order valence-electron chi connectivity index (χ2n) is 10.5. The van der Waals surface area contributed by atoms with Gasteiger partial charge in [0, 0.05) is 30.2 Å². The van der Waals surface area contributed by atoms with Crippen molar-refractivity contribution in [2.24, 2.45) is 23.7 Å². The van der Waals surface area contributed by atoms with Gasteiger partial charge in [-0.3, -0.25) is 0 Å². The van der Waals surface area contributed by atoms with Gasteiger partial charge in [-0.15, -0.1) is 0 Å². The Balaban J connectivity index is 1.17. The molecule has 5 atom stereocenters. The highest BCUT2D eigenvalue weighted by Gasteiger charge is 2.60. The Morgan fingerprint density at radius 2 is 2.06 bits per heavy atom. The number of piperidine rings is 1. The zero-order chi connectivity index (χ0) is 22.5. The molecule has 32 heavy (non-hydrogen) atoms. The number of carbonyl (C=O) groups excluding carboxylic acids is 1. The standard InChI is InChI=1S/C24H34ClN3O3S/c1-16-21(25)8-3-9-22(16)32(30,31)28-10-4-6-18(15-28)14-26-23(29)27-24-12-17-5-2-7-19(13-24)20(24)11-17/h3,8-9,17-20H,2,4-7,10-15H2,1H3,(H2,26,27,29). The fourth-order valence-corrected chi connectivity index (χ4v) is 9.01. The summed E-state index contributed by atoms with van der Waals surface area (Å²) < 4.78 is 28.0. The van der Waals surface area contributed by atoms with Crippen LogP contribution < -0.4 is 10.6 Å². The lowest BCUT2D eigenvalue weighted by atomic mass is 9.59. The topological polar surface area (TPSA) is 78.5 Å². The molecule has 1 saturated heterocycles. The van der Waals surface area contributed by atoms with Crippen molar-refractivity contribution in [3.05, 3.63) is 28.8 Å². The Morgan fingerprint density at radius 3 is 2.91 bits per heavy atom. The summed E-state index contributed by atoms with van der Waals surface area (Å²) in [6, 6.07) is 4.93. The molecule has 1 aromatic carbocycles. The summed E-state index contributed by atoms with van der Waals surface area (Å²) in [7, 11) is -3.60. The maximum atomic E-state index is 13.2. The van der Waals surface area contributed by atoms with E-state index in [1.165, 1.54) is 25.7 Å². The highest BCUT2D eigenvalue weighted by atomic mass is 35.5. The Labute approximate surface area is 196 Å². The molecule has 0 aromatic heterocycles. The average Bonchev–Trinajstić information content (AvgIpc) is 2.90. The number of urea groups is 1. The van der Waals surface area contributed by atoms with Crippen molar-refractivity contribution >= 4 is 27.7 Å². The monoisotopic (exact) mass is 479 g/mol. The van der Waals surface area contributed by atoms with Crippen LogP contribution in [0.2, 0.25) is 5.02 Å². The van der Waals surface area contributed by atoms with Crippen molar-refractivity contribution in [1.29, 1.82) is 0 Å². The van der Waals surface area contributed by atoms with E-state index < -0.39 is 10.0 Å². The zero-order valence-corrected chi connectivity index (χ0v) is 20.4. The molecule has 1 aliphatic heterocycles. The fraction of sp³-hybridized carbons (Fsp3) is 0.708. The lowest BCUT2D eigenvalue weighted by Crippen LogP contribution is -2.63. The summed E-state index contributed by atoms with van der Waals surface area (Å²) in [5, 5.41) is 6.87. The number of amides is 2. The molecular formula is C24H34ClN3O3S. The minimum Gasteiger partial charge on any atom is -0.338 e. The van der Waals surface area contributed by atoms with Crippen LogP contribution in [0.5, 0.6) is 0 Å².